The smallest absolute Gasteiger partial charge is 0.322 e. The van der Waals surface area contributed by atoms with Crippen molar-refractivity contribution in [2.45, 2.75) is 6.42 Å². The first-order chi connectivity index (χ1) is 6.06. The fourth-order valence-electron chi connectivity index (χ4n) is 0.924. The van der Waals surface area contributed by atoms with Crippen LogP contribution in [0.15, 0.2) is 0 Å². The van der Waals surface area contributed by atoms with Gasteiger partial charge >= 0.3 is 5.97 Å². The summed E-state index contributed by atoms with van der Waals surface area (Å²) in [6.07, 6.45) is 0.653. The van der Waals surface area contributed by atoms with Gasteiger partial charge in [0, 0.05) is 6.54 Å². The molecule has 0 spiro atoms. The molecule has 1 saturated heterocycles. The van der Waals surface area contributed by atoms with Crippen LogP contribution < -0.4 is 0 Å². The van der Waals surface area contributed by atoms with Crippen molar-refractivity contribution >= 4 is 16.0 Å². The molecule has 0 radical (unpaired) electrons. The predicted molar refractivity (Wildman–Crippen MR) is 43.1 cm³/mol. The third kappa shape index (κ3) is 2.64. The fourth-order valence-corrected chi connectivity index (χ4v) is 2.13. The minimum absolute atomic E-state index is 0.305. The number of hydrogen-bond acceptors (Lipinski definition) is 5. The van der Waals surface area contributed by atoms with E-state index in [0.29, 0.717) is 19.6 Å². The van der Waals surface area contributed by atoms with Crippen LogP contribution in [0.3, 0.4) is 0 Å². The summed E-state index contributed by atoms with van der Waals surface area (Å²) in [5.74, 6) is -1.45. The highest BCUT2D eigenvalue weighted by Gasteiger charge is 2.29. The molecule has 0 aromatic carbocycles. The molecule has 0 aliphatic carbocycles. The van der Waals surface area contributed by atoms with Crippen molar-refractivity contribution in [2.24, 2.45) is 0 Å². The summed E-state index contributed by atoms with van der Waals surface area (Å²) in [4.78, 5) is 15.5. The Morgan fingerprint density at radius 3 is 2.77 bits per heavy atom. The monoisotopic (exact) mass is 209 g/mol. The highest BCUT2D eigenvalue weighted by atomic mass is 32.2. The highest BCUT2D eigenvalue weighted by molar-refractivity contribution is 7.89. The van der Waals surface area contributed by atoms with E-state index in [9.17, 15) is 13.2 Å². The van der Waals surface area contributed by atoms with Gasteiger partial charge in [-0.2, -0.15) is 0 Å². The molecule has 76 valence electrons. The van der Waals surface area contributed by atoms with Crippen LogP contribution in [-0.2, 0) is 24.4 Å². The average Bonchev–Trinajstić information content (AvgIpc) is 2.55. The van der Waals surface area contributed by atoms with E-state index < -0.39 is 21.7 Å². The third-order valence-electron chi connectivity index (χ3n) is 1.56. The zero-order valence-electron chi connectivity index (χ0n) is 7.23. The van der Waals surface area contributed by atoms with E-state index >= 15 is 0 Å². The van der Waals surface area contributed by atoms with Crippen molar-refractivity contribution in [2.75, 3.05) is 26.0 Å². The molecule has 1 rings (SSSR count). The summed E-state index contributed by atoms with van der Waals surface area (Å²) >= 11 is 0. The third-order valence-corrected chi connectivity index (χ3v) is 3.07. The average molecular weight is 209 g/mol. The van der Waals surface area contributed by atoms with Gasteiger partial charge in [-0.3, -0.25) is 9.63 Å². The minimum atomic E-state index is -3.63. The van der Waals surface area contributed by atoms with Gasteiger partial charge in [0.2, 0.25) is 10.0 Å². The fraction of sp³-hybridized carbons (Fsp3) is 0.833. The second-order valence-electron chi connectivity index (χ2n) is 2.55. The molecule has 1 heterocycles. The number of rotatable bonds is 3. The lowest BCUT2D eigenvalue weighted by Gasteiger charge is -2.12. The number of esters is 1. The first-order valence-corrected chi connectivity index (χ1v) is 5.37. The molecule has 1 aliphatic heterocycles. The second-order valence-corrected chi connectivity index (χ2v) is 4.41. The maximum Gasteiger partial charge on any atom is 0.322 e. The van der Waals surface area contributed by atoms with Crippen molar-refractivity contribution in [3.05, 3.63) is 0 Å². The Labute approximate surface area is 76.4 Å². The molecule has 0 atom stereocenters. The Kier molecular flexibility index (Phi) is 3.23. The molecule has 0 saturated carbocycles. The second kappa shape index (κ2) is 4.03. The minimum Gasteiger partial charge on any atom is -0.468 e. The van der Waals surface area contributed by atoms with E-state index in [1.165, 1.54) is 0 Å². The van der Waals surface area contributed by atoms with E-state index in [-0.39, 0.29) is 0 Å². The van der Waals surface area contributed by atoms with E-state index in [1.54, 1.807) is 0 Å². The zero-order chi connectivity index (χ0) is 9.90. The summed E-state index contributed by atoms with van der Waals surface area (Å²) in [5.41, 5.74) is 0. The summed E-state index contributed by atoms with van der Waals surface area (Å²) in [7, 11) is -2.49. The van der Waals surface area contributed by atoms with Crippen LogP contribution in [0.1, 0.15) is 6.42 Å². The summed E-state index contributed by atoms with van der Waals surface area (Å²) < 4.78 is 27.7. The Morgan fingerprint density at radius 1 is 1.62 bits per heavy atom. The lowest BCUT2D eigenvalue weighted by atomic mass is 10.5. The largest absolute Gasteiger partial charge is 0.468 e. The van der Waals surface area contributed by atoms with Crippen molar-refractivity contribution in [1.29, 1.82) is 0 Å². The molecule has 1 aliphatic rings. The number of sulfonamides is 1. The number of methoxy groups -OCH3 is 1. The van der Waals surface area contributed by atoms with Crippen LogP contribution in [0.25, 0.3) is 0 Å². The predicted octanol–water partition coefficient (Wildman–Crippen LogP) is -0.873. The Bertz CT molecular complexity index is 279. The lowest BCUT2D eigenvalue weighted by Crippen LogP contribution is -2.32. The summed E-state index contributed by atoms with van der Waals surface area (Å²) in [6, 6.07) is 0. The maximum atomic E-state index is 11.3. The van der Waals surface area contributed by atoms with Gasteiger partial charge in [-0.25, -0.2) is 8.42 Å². The summed E-state index contributed by atoms with van der Waals surface area (Å²) in [5, 5.41) is 0. The van der Waals surface area contributed by atoms with Crippen LogP contribution >= 0.6 is 0 Å². The summed E-state index contributed by atoms with van der Waals surface area (Å²) in [6.45, 7) is 0.680. The Hall–Kier alpha value is -0.660. The van der Waals surface area contributed by atoms with Gasteiger partial charge in [-0.05, 0) is 6.42 Å². The molecule has 6 nitrogen and oxygen atoms in total. The number of hydrogen-bond donors (Lipinski definition) is 0. The van der Waals surface area contributed by atoms with Crippen LogP contribution in [0, 0.1) is 0 Å². The van der Waals surface area contributed by atoms with E-state index in [4.69, 9.17) is 4.84 Å². The SMILES string of the molecule is COC(=O)CS(=O)(=O)N1CCCO1. The van der Waals surface area contributed by atoms with Gasteiger partial charge in [-0.1, -0.05) is 4.47 Å². The topological polar surface area (TPSA) is 72.9 Å². The van der Waals surface area contributed by atoms with E-state index in [0.717, 1.165) is 11.6 Å². The number of nitrogens with zero attached hydrogens (tertiary/aromatic N) is 1. The lowest BCUT2D eigenvalue weighted by molar-refractivity contribution is -0.137. The molecular weight excluding hydrogens is 198 g/mol. The number of carbonyl (C=O) groups excluding carboxylic acids is 1. The number of ether oxygens (including phenoxy) is 1. The zero-order valence-corrected chi connectivity index (χ0v) is 8.04. The van der Waals surface area contributed by atoms with Crippen LogP contribution in [-0.4, -0.2) is 44.9 Å². The quantitative estimate of drug-likeness (QED) is 0.565. The van der Waals surface area contributed by atoms with Crippen LogP contribution in [0.2, 0.25) is 0 Å². The Morgan fingerprint density at radius 2 is 2.31 bits per heavy atom. The normalized spacial score (nSPS) is 18.8. The first kappa shape index (κ1) is 10.4. The molecular formula is C6H11NO5S. The standard InChI is InChI=1S/C6H11NO5S/c1-11-6(8)5-13(9,10)7-3-2-4-12-7/h2-5H2,1H3. The van der Waals surface area contributed by atoms with Crippen molar-refractivity contribution in [3.63, 3.8) is 0 Å². The maximum absolute atomic E-state index is 11.3. The van der Waals surface area contributed by atoms with E-state index in [1.807, 2.05) is 0 Å². The van der Waals surface area contributed by atoms with Gasteiger partial charge in [0.15, 0.2) is 5.75 Å². The molecule has 0 aromatic heterocycles. The van der Waals surface area contributed by atoms with Gasteiger partial charge in [0.25, 0.3) is 0 Å². The van der Waals surface area contributed by atoms with Crippen molar-refractivity contribution in [3.8, 4) is 0 Å². The number of hydroxylamine groups is 1. The van der Waals surface area contributed by atoms with Crippen LogP contribution in [0.5, 0.6) is 0 Å². The highest BCUT2D eigenvalue weighted by Crippen LogP contribution is 2.10. The molecule has 1 fully saturated rings. The Balaban J connectivity index is 2.60. The molecule has 0 N–H and O–H groups in total. The molecule has 0 unspecified atom stereocenters. The van der Waals surface area contributed by atoms with Gasteiger partial charge in [-0.15, -0.1) is 0 Å². The number of carbonyl (C=O) groups is 1. The molecule has 0 bridgehead atoms. The van der Waals surface area contributed by atoms with Crippen LogP contribution in [0.4, 0.5) is 0 Å². The van der Waals surface area contributed by atoms with Crippen molar-refractivity contribution < 1.29 is 22.8 Å². The van der Waals surface area contributed by atoms with Gasteiger partial charge in [0.05, 0.1) is 13.7 Å². The molecule has 0 amide bonds. The van der Waals surface area contributed by atoms with E-state index in [2.05, 4.69) is 4.74 Å². The molecule has 0 aromatic rings. The first-order valence-electron chi connectivity index (χ1n) is 3.76. The van der Waals surface area contributed by atoms with Gasteiger partial charge in [0.1, 0.15) is 0 Å². The molecule has 13 heavy (non-hydrogen) atoms. The molecule has 7 heteroatoms. The van der Waals surface area contributed by atoms with Crippen molar-refractivity contribution in [1.82, 2.24) is 4.47 Å². The van der Waals surface area contributed by atoms with Gasteiger partial charge < -0.3 is 4.74 Å².